The smallest absolute Gasteiger partial charge is 0.263 e. The largest absolute Gasteiger partial charge is 0.481 e. The van der Waals surface area contributed by atoms with Crippen molar-refractivity contribution in [2.45, 2.75) is 51.8 Å². The van der Waals surface area contributed by atoms with E-state index >= 15 is 0 Å². The molecule has 1 aromatic heterocycles. The van der Waals surface area contributed by atoms with Crippen LogP contribution in [-0.2, 0) is 17.8 Å². The van der Waals surface area contributed by atoms with Crippen molar-refractivity contribution in [1.82, 2.24) is 20.2 Å². The molecule has 3 heterocycles. The number of nitrogens with zero attached hydrogens (tertiary/aromatic N) is 3. The van der Waals surface area contributed by atoms with Gasteiger partial charge < -0.3 is 15.0 Å². The van der Waals surface area contributed by atoms with Gasteiger partial charge in [0.25, 0.3) is 5.91 Å². The van der Waals surface area contributed by atoms with E-state index in [9.17, 15) is 4.79 Å². The Labute approximate surface area is 160 Å². The fraction of sp³-hybridized carbons (Fsp3) is 0.476. The third kappa shape index (κ3) is 3.95. The molecule has 1 saturated heterocycles. The molecular formula is C21H26N4O2. The maximum absolute atomic E-state index is 12.8. The van der Waals surface area contributed by atoms with E-state index in [0.717, 1.165) is 42.2 Å². The van der Waals surface area contributed by atoms with Crippen molar-refractivity contribution in [1.29, 1.82) is 0 Å². The standard InChI is InChI=1S/C21H26N4O2/c1-14-5-7-17(8-6-14)27-15(2)21(26)25-11-9-18-16(13-25)12-23-20(24-18)19-4-3-10-22-19/h5-8,12,15,19,22H,3-4,9-11,13H2,1-2H3/t15-,19+/m0/s1. The summed E-state index contributed by atoms with van der Waals surface area (Å²) in [7, 11) is 0. The average Bonchev–Trinajstić information content (AvgIpc) is 3.23. The molecule has 2 aliphatic rings. The predicted octanol–water partition coefficient (Wildman–Crippen LogP) is 2.56. The van der Waals surface area contributed by atoms with Gasteiger partial charge in [0.1, 0.15) is 11.6 Å². The molecule has 0 saturated carbocycles. The third-order valence-corrected chi connectivity index (χ3v) is 5.32. The Kier molecular flexibility index (Phi) is 5.07. The zero-order valence-electron chi connectivity index (χ0n) is 15.9. The number of rotatable bonds is 4. The number of carbonyl (C=O) groups is 1. The number of benzene rings is 1. The Morgan fingerprint density at radius 2 is 2.15 bits per heavy atom. The molecule has 1 N–H and O–H groups in total. The Bertz CT molecular complexity index is 815. The van der Waals surface area contributed by atoms with Crippen molar-refractivity contribution in [3.8, 4) is 5.75 Å². The molecule has 1 fully saturated rings. The van der Waals surface area contributed by atoms with E-state index in [1.807, 2.05) is 49.2 Å². The van der Waals surface area contributed by atoms with Gasteiger partial charge in [-0.25, -0.2) is 9.97 Å². The molecule has 142 valence electrons. The van der Waals surface area contributed by atoms with Gasteiger partial charge in [-0.2, -0.15) is 0 Å². The lowest BCUT2D eigenvalue weighted by atomic mass is 10.1. The summed E-state index contributed by atoms with van der Waals surface area (Å²) in [5.41, 5.74) is 3.28. The second-order valence-electron chi connectivity index (χ2n) is 7.43. The summed E-state index contributed by atoms with van der Waals surface area (Å²) in [6.45, 7) is 6.09. The summed E-state index contributed by atoms with van der Waals surface area (Å²) in [5, 5.41) is 3.44. The predicted molar refractivity (Wildman–Crippen MR) is 102 cm³/mol. The van der Waals surface area contributed by atoms with Crippen LogP contribution in [0.3, 0.4) is 0 Å². The molecule has 2 atom stereocenters. The number of fused-ring (bicyclic) bond motifs is 1. The first-order valence-electron chi connectivity index (χ1n) is 9.70. The Morgan fingerprint density at radius 1 is 1.33 bits per heavy atom. The first kappa shape index (κ1) is 17.9. The van der Waals surface area contributed by atoms with Crippen molar-refractivity contribution >= 4 is 5.91 Å². The number of ether oxygens (including phenoxy) is 1. The molecule has 0 unspecified atom stereocenters. The van der Waals surface area contributed by atoms with Crippen LogP contribution in [0.1, 0.15) is 48.5 Å². The van der Waals surface area contributed by atoms with Gasteiger partial charge in [0.2, 0.25) is 0 Å². The molecule has 1 amide bonds. The Hall–Kier alpha value is -2.47. The quantitative estimate of drug-likeness (QED) is 0.901. The molecule has 1 aromatic carbocycles. The lowest BCUT2D eigenvalue weighted by Gasteiger charge is -2.30. The Morgan fingerprint density at radius 3 is 2.89 bits per heavy atom. The normalized spacial score (nSPS) is 20.2. The minimum Gasteiger partial charge on any atom is -0.481 e. The van der Waals surface area contributed by atoms with Crippen molar-refractivity contribution in [2.24, 2.45) is 0 Å². The summed E-state index contributed by atoms with van der Waals surface area (Å²) < 4.78 is 5.83. The van der Waals surface area contributed by atoms with Crippen LogP contribution in [0.2, 0.25) is 0 Å². The van der Waals surface area contributed by atoms with Crippen LogP contribution in [-0.4, -0.2) is 40.0 Å². The highest BCUT2D eigenvalue weighted by molar-refractivity contribution is 5.81. The molecule has 2 aromatic rings. The summed E-state index contributed by atoms with van der Waals surface area (Å²) in [5.74, 6) is 1.61. The van der Waals surface area contributed by atoms with E-state index in [4.69, 9.17) is 9.72 Å². The van der Waals surface area contributed by atoms with Gasteiger partial charge >= 0.3 is 0 Å². The second-order valence-corrected chi connectivity index (χ2v) is 7.43. The number of hydrogen-bond donors (Lipinski definition) is 1. The Balaban J connectivity index is 1.40. The summed E-state index contributed by atoms with van der Waals surface area (Å²) in [4.78, 5) is 24.0. The SMILES string of the molecule is Cc1ccc(O[C@@H](C)C(=O)N2CCc3nc([C@H]4CCCN4)ncc3C2)cc1. The van der Waals surface area contributed by atoms with E-state index in [1.165, 1.54) is 12.0 Å². The lowest BCUT2D eigenvalue weighted by Crippen LogP contribution is -2.43. The van der Waals surface area contributed by atoms with Crippen LogP contribution in [0.25, 0.3) is 0 Å². The maximum Gasteiger partial charge on any atom is 0.263 e. The molecule has 2 aliphatic heterocycles. The van der Waals surface area contributed by atoms with Crippen LogP contribution in [0.5, 0.6) is 5.75 Å². The van der Waals surface area contributed by atoms with Gasteiger partial charge in [0.05, 0.1) is 11.7 Å². The highest BCUT2D eigenvalue weighted by Gasteiger charge is 2.28. The summed E-state index contributed by atoms with van der Waals surface area (Å²) >= 11 is 0. The number of nitrogens with one attached hydrogen (secondary N) is 1. The number of hydrogen-bond acceptors (Lipinski definition) is 5. The van der Waals surface area contributed by atoms with Crippen LogP contribution >= 0.6 is 0 Å². The van der Waals surface area contributed by atoms with Crippen LogP contribution in [0, 0.1) is 6.92 Å². The van der Waals surface area contributed by atoms with Gasteiger partial charge in [-0.05, 0) is 45.4 Å². The molecule has 27 heavy (non-hydrogen) atoms. The number of amides is 1. The topological polar surface area (TPSA) is 67.3 Å². The van der Waals surface area contributed by atoms with E-state index in [2.05, 4.69) is 10.3 Å². The highest BCUT2D eigenvalue weighted by Crippen LogP contribution is 2.24. The van der Waals surface area contributed by atoms with Crippen molar-refractivity contribution in [3.63, 3.8) is 0 Å². The van der Waals surface area contributed by atoms with Gasteiger partial charge in [-0.3, -0.25) is 4.79 Å². The first-order valence-corrected chi connectivity index (χ1v) is 9.70. The average molecular weight is 366 g/mol. The molecule has 0 spiro atoms. The monoisotopic (exact) mass is 366 g/mol. The first-order chi connectivity index (χ1) is 13.1. The minimum atomic E-state index is -0.517. The summed E-state index contributed by atoms with van der Waals surface area (Å²) in [6.07, 6.45) is 4.41. The maximum atomic E-state index is 12.8. The van der Waals surface area contributed by atoms with Crippen LogP contribution in [0.15, 0.2) is 30.5 Å². The van der Waals surface area contributed by atoms with Crippen LogP contribution < -0.4 is 10.1 Å². The number of carbonyl (C=O) groups excluding carboxylic acids is 1. The van der Waals surface area contributed by atoms with E-state index < -0.39 is 6.10 Å². The van der Waals surface area contributed by atoms with E-state index in [0.29, 0.717) is 13.1 Å². The third-order valence-electron chi connectivity index (χ3n) is 5.32. The fourth-order valence-electron chi connectivity index (χ4n) is 3.72. The van der Waals surface area contributed by atoms with Gasteiger partial charge in [-0.1, -0.05) is 17.7 Å². The zero-order chi connectivity index (χ0) is 18.8. The molecule has 4 rings (SSSR count). The van der Waals surface area contributed by atoms with Gasteiger partial charge in [-0.15, -0.1) is 0 Å². The van der Waals surface area contributed by atoms with E-state index in [-0.39, 0.29) is 11.9 Å². The van der Waals surface area contributed by atoms with Crippen molar-refractivity contribution in [3.05, 3.63) is 53.1 Å². The molecule has 0 aliphatic carbocycles. The molecular weight excluding hydrogens is 340 g/mol. The minimum absolute atomic E-state index is 0.00256. The second kappa shape index (κ2) is 7.64. The van der Waals surface area contributed by atoms with Crippen molar-refractivity contribution in [2.75, 3.05) is 13.1 Å². The summed E-state index contributed by atoms with van der Waals surface area (Å²) in [6, 6.07) is 8.04. The van der Waals surface area contributed by atoms with Gasteiger partial charge in [0, 0.05) is 31.3 Å². The van der Waals surface area contributed by atoms with E-state index in [1.54, 1.807) is 0 Å². The lowest BCUT2D eigenvalue weighted by molar-refractivity contribution is -0.138. The highest BCUT2D eigenvalue weighted by atomic mass is 16.5. The molecule has 6 nitrogen and oxygen atoms in total. The zero-order valence-corrected chi connectivity index (χ0v) is 15.9. The van der Waals surface area contributed by atoms with Gasteiger partial charge in [0.15, 0.2) is 6.10 Å². The number of aromatic nitrogens is 2. The van der Waals surface area contributed by atoms with Crippen LogP contribution in [0.4, 0.5) is 0 Å². The number of aryl methyl sites for hydroxylation is 1. The molecule has 0 bridgehead atoms. The molecule has 0 radical (unpaired) electrons. The fourth-order valence-corrected chi connectivity index (χ4v) is 3.72. The molecule has 6 heteroatoms. The van der Waals surface area contributed by atoms with Crippen molar-refractivity contribution < 1.29 is 9.53 Å².